The maximum Gasteiger partial charge on any atom is 0.335 e. The topological polar surface area (TPSA) is 118 Å². The first-order valence-corrected chi connectivity index (χ1v) is 6.25. The van der Waals surface area contributed by atoms with Crippen LogP contribution in [0.25, 0.3) is 0 Å². The molecule has 1 unspecified atom stereocenters. The van der Waals surface area contributed by atoms with E-state index in [9.17, 15) is 9.59 Å². The third-order valence-corrected chi connectivity index (χ3v) is 2.85. The third kappa shape index (κ3) is 3.41. The molecule has 0 fully saturated rings. The largest absolute Gasteiger partial charge is 0.478 e. The lowest BCUT2D eigenvalue weighted by Gasteiger charge is -2.18. The van der Waals surface area contributed by atoms with E-state index in [4.69, 9.17) is 5.11 Å². The van der Waals surface area contributed by atoms with Crippen molar-refractivity contribution in [2.45, 2.75) is 19.9 Å². The van der Waals surface area contributed by atoms with Gasteiger partial charge in [0.1, 0.15) is 5.69 Å². The monoisotopic (exact) mass is 290 g/mol. The van der Waals surface area contributed by atoms with Gasteiger partial charge in [-0.15, -0.1) is 0 Å². The van der Waals surface area contributed by atoms with E-state index in [0.29, 0.717) is 5.82 Å². The van der Waals surface area contributed by atoms with Gasteiger partial charge in [-0.1, -0.05) is 19.0 Å². The van der Waals surface area contributed by atoms with E-state index in [0.717, 1.165) is 0 Å². The van der Waals surface area contributed by atoms with Gasteiger partial charge in [-0.05, 0) is 18.1 Å². The van der Waals surface area contributed by atoms with Crippen molar-refractivity contribution in [1.29, 1.82) is 0 Å². The number of amides is 1. The van der Waals surface area contributed by atoms with Crippen LogP contribution in [0, 0.1) is 5.92 Å². The number of pyridine rings is 1. The molecule has 0 aliphatic rings. The average molecular weight is 290 g/mol. The minimum atomic E-state index is -1.12. The number of carbonyl (C=O) groups is 2. The number of nitrogens with zero attached hydrogens (tertiary/aromatic N) is 3. The quantitative estimate of drug-likeness (QED) is 0.851. The van der Waals surface area contributed by atoms with Gasteiger partial charge in [0.2, 0.25) is 6.39 Å². The Balaban J connectivity index is 2.20. The van der Waals surface area contributed by atoms with Crippen molar-refractivity contribution in [2.75, 3.05) is 0 Å². The van der Waals surface area contributed by atoms with Crippen LogP contribution >= 0.6 is 0 Å². The Morgan fingerprint density at radius 2 is 2.10 bits per heavy atom. The number of carboxylic acid groups (broad SMARTS) is 1. The van der Waals surface area contributed by atoms with Gasteiger partial charge in [0.05, 0.1) is 11.6 Å². The second-order valence-corrected chi connectivity index (χ2v) is 4.72. The van der Waals surface area contributed by atoms with Crippen LogP contribution in [0.1, 0.15) is 46.6 Å². The molecule has 0 spiro atoms. The summed E-state index contributed by atoms with van der Waals surface area (Å²) >= 11 is 0. The van der Waals surface area contributed by atoms with Gasteiger partial charge in [-0.2, -0.15) is 4.98 Å². The lowest BCUT2D eigenvalue weighted by atomic mass is 10.0. The van der Waals surface area contributed by atoms with Crippen molar-refractivity contribution in [1.82, 2.24) is 20.4 Å². The fourth-order valence-corrected chi connectivity index (χ4v) is 1.75. The minimum Gasteiger partial charge on any atom is -0.478 e. The van der Waals surface area contributed by atoms with Crippen molar-refractivity contribution in [3.05, 3.63) is 41.8 Å². The standard InChI is InChI=1S/C13H14N4O4/c1-7(2)10(11-15-6-21-17-11)16-12(18)9-5-8(13(19)20)3-4-14-9/h3-7,10H,1-2H3,(H,16,18)(H,19,20). The second-order valence-electron chi connectivity index (χ2n) is 4.72. The summed E-state index contributed by atoms with van der Waals surface area (Å²) in [4.78, 5) is 30.9. The fourth-order valence-electron chi connectivity index (χ4n) is 1.75. The van der Waals surface area contributed by atoms with Crippen molar-refractivity contribution in [3.63, 3.8) is 0 Å². The van der Waals surface area contributed by atoms with Crippen LogP contribution in [0.4, 0.5) is 0 Å². The molecule has 8 nitrogen and oxygen atoms in total. The second kappa shape index (κ2) is 6.12. The van der Waals surface area contributed by atoms with Gasteiger partial charge in [0.15, 0.2) is 5.82 Å². The summed E-state index contributed by atoms with van der Waals surface area (Å²) < 4.78 is 4.68. The molecule has 0 aliphatic heterocycles. The van der Waals surface area contributed by atoms with Crippen molar-refractivity contribution >= 4 is 11.9 Å². The summed E-state index contributed by atoms with van der Waals surface area (Å²) in [5.41, 5.74) is 0.0138. The average Bonchev–Trinajstić information content (AvgIpc) is 2.98. The van der Waals surface area contributed by atoms with E-state index in [1.165, 1.54) is 24.7 Å². The molecule has 21 heavy (non-hydrogen) atoms. The van der Waals surface area contributed by atoms with Gasteiger partial charge >= 0.3 is 5.97 Å². The summed E-state index contributed by atoms with van der Waals surface area (Å²) in [6.07, 6.45) is 2.46. The molecule has 0 radical (unpaired) electrons. The summed E-state index contributed by atoms with van der Waals surface area (Å²) in [7, 11) is 0. The number of carbonyl (C=O) groups excluding carboxylic acids is 1. The SMILES string of the molecule is CC(C)C(NC(=O)c1cc(C(=O)O)ccn1)c1ncon1. The Kier molecular flexibility index (Phi) is 4.27. The number of aromatic nitrogens is 3. The molecule has 2 aromatic heterocycles. The highest BCUT2D eigenvalue weighted by Gasteiger charge is 2.23. The smallest absolute Gasteiger partial charge is 0.335 e. The number of hydrogen-bond donors (Lipinski definition) is 2. The molecule has 2 N–H and O–H groups in total. The van der Waals surface area contributed by atoms with Gasteiger partial charge in [-0.3, -0.25) is 9.78 Å². The number of nitrogens with one attached hydrogen (secondary N) is 1. The Morgan fingerprint density at radius 1 is 1.33 bits per heavy atom. The van der Waals surface area contributed by atoms with Gasteiger partial charge in [0, 0.05) is 6.20 Å². The van der Waals surface area contributed by atoms with Crippen LogP contribution in [-0.2, 0) is 0 Å². The van der Waals surface area contributed by atoms with E-state index in [-0.39, 0.29) is 17.2 Å². The van der Waals surface area contributed by atoms with Crippen molar-refractivity contribution in [3.8, 4) is 0 Å². The first-order valence-electron chi connectivity index (χ1n) is 6.25. The summed E-state index contributed by atoms with van der Waals surface area (Å²) in [6.45, 7) is 3.78. The normalized spacial score (nSPS) is 12.1. The molecule has 2 aromatic rings. The van der Waals surface area contributed by atoms with Crippen LogP contribution in [-0.4, -0.2) is 32.1 Å². The summed E-state index contributed by atoms with van der Waals surface area (Å²) in [5, 5.41) is 15.4. The van der Waals surface area contributed by atoms with Gasteiger partial charge < -0.3 is 14.9 Å². The van der Waals surface area contributed by atoms with E-state index in [2.05, 4.69) is 25.0 Å². The van der Waals surface area contributed by atoms with E-state index < -0.39 is 17.9 Å². The highest BCUT2D eigenvalue weighted by atomic mass is 16.5. The highest BCUT2D eigenvalue weighted by Crippen LogP contribution is 2.18. The van der Waals surface area contributed by atoms with Crippen LogP contribution < -0.4 is 5.32 Å². The van der Waals surface area contributed by atoms with Gasteiger partial charge in [0.25, 0.3) is 5.91 Å². The van der Waals surface area contributed by atoms with Crippen LogP contribution in [0.15, 0.2) is 29.2 Å². The zero-order chi connectivity index (χ0) is 15.4. The van der Waals surface area contributed by atoms with Crippen LogP contribution in [0.5, 0.6) is 0 Å². The number of carboxylic acids is 1. The predicted molar refractivity (Wildman–Crippen MR) is 70.5 cm³/mol. The first-order chi connectivity index (χ1) is 9.99. The number of hydrogen-bond acceptors (Lipinski definition) is 6. The molecule has 1 atom stereocenters. The molecule has 110 valence electrons. The summed E-state index contributed by atoms with van der Waals surface area (Å²) in [5.74, 6) is -1.24. The maximum atomic E-state index is 12.2. The van der Waals surface area contributed by atoms with Crippen LogP contribution in [0.3, 0.4) is 0 Å². The summed E-state index contributed by atoms with van der Waals surface area (Å²) in [6, 6.07) is 2.08. The molecule has 0 bridgehead atoms. The Bertz CT molecular complexity index is 639. The first kappa shape index (κ1) is 14.6. The zero-order valence-electron chi connectivity index (χ0n) is 11.5. The molecule has 2 heterocycles. The zero-order valence-corrected chi connectivity index (χ0v) is 11.5. The third-order valence-electron chi connectivity index (χ3n) is 2.85. The van der Waals surface area contributed by atoms with Crippen molar-refractivity contribution in [2.24, 2.45) is 5.92 Å². The molecule has 0 aliphatic carbocycles. The number of aromatic carboxylic acids is 1. The molecular formula is C13H14N4O4. The molecule has 0 aromatic carbocycles. The van der Waals surface area contributed by atoms with E-state index >= 15 is 0 Å². The lowest BCUT2D eigenvalue weighted by molar-refractivity contribution is 0.0696. The molecule has 2 rings (SSSR count). The molecular weight excluding hydrogens is 276 g/mol. The molecule has 0 saturated carbocycles. The Labute approximate surface area is 120 Å². The van der Waals surface area contributed by atoms with Crippen LogP contribution in [0.2, 0.25) is 0 Å². The lowest BCUT2D eigenvalue weighted by Crippen LogP contribution is -2.33. The number of rotatable bonds is 5. The Hall–Kier alpha value is -2.77. The predicted octanol–water partition coefficient (Wildman–Crippen LogP) is 1.29. The molecule has 8 heteroatoms. The highest BCUT2D eigenvalue weighted by molar-refractivity contribution is 5.95. The van der Waals surface area contributed by atoms with E-state index in [1.807, 2.05) is 13.8 Å². The van der Waals surface area contributed by atoms with Crippen molar-refractivity contribution < 1.29 is 19.2 Å². The van der Waals surface area contributed by atoms with E-state index in [1.54, 1.807) is 0 Å². The Morgan fingerprint density at radius 3 is 2.67 bits per heavy atom. The maximum absolute atomic E-state index is 12.2. The fraction of sp³-hybridized carbons (Fsp3) is 0.308. The minimum absolute atomic E-state index is 0.00388. The molecule has 0 saturated heterocycles. The molecule has 1 amide bonds. The van der Waals surface area contributed by atoms with Gasteiger partial charge in [-0.25, -0.2) is 4.79 Å².